The van der Waals surface area contributed by atoms with Crippen LogP contribution in [0.2, 0.25) is 0 Å². The minimum atomic E-state index is -2.92. The van der Waals surface area contributed by atoms with E-state index in [1.54, 1.807) is 12.1 Å². The number of nitrogens with zero attached hydrogens (tertiary/aromatic N) is 1. The molecule has 7 heteroatoms. The highest BCUT2D eigenvalue weighted by molar-refractivity contribution is 5.92. The van der Waals surface area contributed by atoms with Gasteiger partial charge in [-0.05, 0) is 60.2 Å². The van der Waals surface area contributed by atoms with Gasteiger partial charge in [-0.25, -0.2) is 4.99 Å². The molecular weight excluding hydrogens is 340 g/mol. The van der Waals surface area contributed by atoms with E-state index in [-0.39, 0.29) is 24.0 Å². The fourth-order valence-corrected chi connectivity index (χ4v) is 3.02. The van der Waals surface area contributed by atoms with Crippen molar-refractivity contribution in [3.8, 4) is 11.5 Å². The van der Waals surface area contributed by atoms with Crippen LogP contribution >= 0.6 is 0 Å². The number of hydrogen-bond acceptors (Lipinski definition) is 3. The van der Waals surface area contributed by atoms with E-state index in [9.17, 15) is 8.78 Å². The van der Waals surface area contributed by atoms with Crippen LogP contribution in [0.3, 0.4) is 0 Å². The summed E-state index contributed by atoms with van der Waals surface area (Å²) in [6.45, 7) is -2.69. The molecule has 3 N–H and O–H groups in total. The molecule has 3 rings (SSSR count). The molecule has 1 aliphatic carbocycles. The van der Waals surface area contributed by atoms with Crippen LogP contribution in [0.1, 0.15) is 23.1 Å². The summed E-state index contributed by atoms with van der Waals surface area (Å²) in [4.78, 5) is 4.26. The van der Waals surface area contributed by atoms with Crippen LogP contribution < -0.4 is 20.5 Å². The SMILES string of the molecule is COc1ccc(CN=C(N)Nc2ccc3c(c2)CCC3)cc1OC(F)F. The number of anilines is 1. The Bertz CT molecular complexity index is 809. The lowest BCUT2D eigenvalue weighted by Gasteiger charge is -2.11. The van der Waals surface area contributed by atoms with Gasteiger partial charge in [0.2, 0.25) is 0 Å². The minimum Gasteiger partial charge on any atom is -0.493 e. The van der Waals surface area contributed by atoms with Gasteiger partial charge in [0.1, 0.15) is 0 Å². The molecule has 1 aliphatic rings. The second kappa shape index (κ2) is 8.03. The monoisotopic (exact) mass is 361 g/mol. The van der Waals surface area contributed by atoms with Crippen LogP contribution in [0.15, 0.2) is 41.4 Å². The Morgan fingerprint density at radius 3 is 2.73 bits per heavy atom. The van der Waals surface area contributed by atoms with E-state index in [0.29, 0.717) is 5.56 Å². The van der Waals surface area contributed by atoms with E-state index in [4.69, 9.17) is 10.5 Å². The number of aryl methyl sites for hydroxylation is 2. The van der Waals surface area contributed by atoms with E-state index in [2.05, 4.69) is 27.2 Å². The number of benzene rings is 2. The van der Waals surface area contributed by atoms with Crippen LogP contribution in [0, 0.1) is 0 Å². The number of ether oxygens (including phenoxy) is 2. The van der Waals surface area contributed by atoms with Gasteiger partial charge in [-0.1, -0.05) is 12.1 Å². The van der Waals surface area contributed by atoms with Gasteiger partial charge < -0.3 is 20.5 Å². The Morgan fingerprint density at radius 1 is 1.15 bits per heavy atom. The molecule has 0 radical (unpaired) electrons. The average molecular weight is 361 g/mol. The first-order chi connectivity index (χ1) is 12.5. The standard InChI is InChI=1S/C19H21F2N3O2/c1-25-16-8-5-12(9-17(16)26-18(20)21)11-23-19(22)24-15-7-6-13-3-2-4-14(13)10-15/h5-10,18H,2-4,11H2,1H3,(H3,22,23,24). The van der Waals surface area contributed by atoms with Crippen molar-refractivity contribution in [2.45, 2.75) is 32.4 Å². The molecule has 5 nitrogen and oxygen atoms in total. The summed E-state index contributed by atoms with van der Waals surface area (Å²) < 4.78 is 34.4. The number of methoxy groups -OCH3 is 1. The first kappa shape index (κ1) is 18.0. The van der Waals surface area contributed by atoms with Gasteiger partial charge in [0.25, 0.3) is 0 Å². The first-order valence-corrected chi connectivity index (χ1v) is 8.35. The van der Waals surface area contributed by atoms with Gasteiger partial charge in [-0.15, -0.1) is 0 Å². The zero-order valence-electron chi connectivity index (χ0n) is 14.5. The van der Waals surface area contributed by atoms with E-state index in [0.717, 1.165) is 18.5 Å². The Hall–Kier alpha value is -2.83. The van der Waals surface area contributed by atoms with Gasteiger partial charge in [-0.3, -0.25) is 0 Å². The van der Waals surface area contributed by atoms with Gasteiger partial charge in [-0.2, -0.15) is 8.78 Å². The van der Waals surface area contributed by atoms with Gasteiger partial charge >= 0.3 is 6.61 Å². The second-order valence-corrected chi connectivity index (χ2v) is 6.03. The predicted octanol–water partition coefficient (Wildman–Crippen LogP) is 3.71. The van der Waals surface area contributed by atoms with Crippen molar-refractivity contribution in [3.63, 3.8) is 0 Å². The molecule has 138 valence electrons. The quantitative estimate of drug-likeness (QED) is 0.608. The summed E-state index contributed by atoms with van der Waals surface area (Å²) >= 11 is 0. The number of halogens is 2. The van der Waals surface area contributed by atoms with E-state index < -0.39 is 6.61 Å². The maximum absolute atomic E-state index is 12.5. The Morgan fingerprint density at radius 2 is 1.96 bits per heavy atom. The summed E-state index contributed by atoms with van der Waals surface area (Å²) in [6.07, 6.45) is 3.39. The Balaban J connectivity index is 1.66. The fourth-order valence-electron chi connectivity index (χ4n) is 3.02. The summed E-state index contributed by atoms with van der Waals surface area (Å²) in [5.74, 6) is 0.470. The first-order valence-electron chi connectivity index (χ1n) is 8.35. The van der Waals surface area contributed by atoms with Crippen LogP contribution in [0.5, 0.6) is 11.5 Å². The van der Waals surface area contributed by atoms with Crippen molar-refractivity contribution in [1.82, 2.24) is 0 Å². The average Bonchev–Trinajstić information content (AvgIpc) is 3.07. The molecule has 0 bridgehead atoms. The predicted molar refractivity (Wildman–Crippen MR) is 97.0 cm³/mol. The normalized spacial score (nSPS) is 13.6. The molecule has 26 heavy (non-hydrogen) atoms. The summed E-state index contributed by atoms with van der Waals surface area (Å²) in [7, 11) is 1.39. The van der Waals surface area contributed by atoms with Crippen LogP contribution in [-0.2, 0) is 19.4 Å². The number of nitrogens with two attached hydrogens (primary N) is 1. The van der Waals surface area contributed by atoms with Crippen molar-refractivity contribution in [1.29, 1.82) is 0 Å². The highest BCUT2D eigenvalue weighted by atomic mass is 19.3. The smallest absolute Gasteiger partial charge is 0.387 e. The number of hydrogen-bond donors (Lipinski definition) is 2. The van der Waals surface area contributed by atoms with E-state index >= 15 is 0 Å². The van der Waals surface area contributed by atoms with Crippen molar-refractivity contribution in [3.05, 3.63) is 53.1 Å². The lowest BCUT2D eigenvalue weighted by Crippen LogP contribution is -2.22. The van der Waals surface area contributed by atoms with Gasteiger partial charge in [0, 0.05) is 5.69 Å². The van der Waals surface area contributed by atoms with Crippen molar-refractivity contribution in [2.24, 2.45) is 10.7 Å². The third-order valence-corrected chi connectivity index (χ3v) is 4.25. The highest BCUT2D eigenvalue weighted by Gasteiger charge is 2.12. The molecule has 0 amide bonds. The Kier molecular flexibility index (Phi) is 5.55. The number of alkyl halides is 2. The number of guanidine groups is 1. The zero-order valence-corrected chi connectivity index (χ0v) is 14.5. The topological polar surface area (TPSA) is 68.9 Å². The number of aliphatic imine (C=N–C) groups is 1. The van der Waals surface area contributed by atoms with Crippen molar-refractivity contribution in [2.75, 3.05) is 12.4 Å². The van der Waals surface area contributed by atoms with Crippen molar-refractivity contribution >= 4 is 11.6 Å². The number of fused-ring (bicyclic) bond motifs is 1. The molecule has 0 spiro atoms. The zero-order chi connectivity index (χ0) is 18.5. The Labute approximate surface area is 150 Å². The summed E-state index contributed by atoms with van der Waals surface area (Å²) in [5, 5.41) is 3.06. The highest BCUT2D eigenvalue weighted by Crippen LogP contribution is 2.30. The molecule has 2 aromatic carbocycles. The third-order valence-electron chi connectivity index (χ3n) is 4.25. The molecule has 0 heterocycles. The molecule has 0 atom stereocenters. The lowest BCUT2D eigenvalue weighted by molar-refractivity contribution is -0.0512. The largest absolute Gasteiger partial charge is 0.493 e. The second-order valence-electron chi connectivity index (χ2n) is 6.03. The van der Waals surface area contributed by atoms with E-state index in [1.807, 2.05) is 6.07 Å². The maximum Gasteiger partial charge on any atom is 0.387 e. The van der Waals surface area contributed by atoms with Crippen molar-refractivity contribution < 1.29 is 18.3 Å². The molecule has 0 fully saturated rings. The molecule has 2 aromatic rings. The maximum atomic E-state index is 12.5. The molecule has 0 aliphatic heterocycles. The molecule has 0 unspecified atom stereocenters. The number of rotatable bonds is 6. The van der Waals surface area contributed by atoms with E-state index in [1.165, 1.54) is 30.7 Å². The summed E-state index contributed by atoms with van der Waals surface area (Å²) in [6, 6.07) is 10.9. The molecular formula is C19H21F2N3O2. The van der Waals surface area contributed by atoms with Gasteiger partial charge in [0.15, 0.2) is 17.5 Å². The minimum absolute atomic E-state index is 0.0275. The third kappa shape index (κ3) is 4.41. The number of nitrogens with one attached hydrogen (secondary N) is 1. The fraction of sp³-hybridized carbons (Fsp3) is 0.316. The van der Waals surface area contributed by atoms with Crippen LogP contribution in [0.25, 0.3) is 0 Å². The summed E-state index contributed by atoms with van der Waals surface area (Å²) in [5.41, 5.74) is 10.2. The molecule has 0 saturated carbocycles. The van der Waals surface area contributed by atoms with Crippen LogP contribution in [0.4, 0.5) is 14.5 Å². The lowest BCUT2D eigenvalue weighted by atomic mass is 10.1. The molecule has 0 saturated heterocycles. The van der Waals surface area contributed by atoms with Crippen LogP contribution in [-0.4, -0.2) is 19.7 Å². The van der Waals surface area contributed by atoms with Gasteiger partial charge in [0.05, 0.1) is 13.7 Å². The molecule has 0 aromatic heterocycles.